The van der Waals surface area contributed by atoms with Gasteiger partial charge in [0.25, 0.3) is 0 Å². The average Bonchev–Trinajstić information content (AvgIpc) is 3.32. The van der Waals surface area contributed by atoms with Crippen molar-refractivity contribution in [3.05, 3.63) is 135 Å². The number of fused-ring (bicyclic) bond motifs is 2. The molecule has 0 spiro atoms. The van der Waals surface area contributed by atoms with E-state index in [-0.39, 0.29) is 16.7 Å². The van der Waals surface area contributed by atoms with Crippen molar-refractivity contribution < 1.29 is 24.1 Å². The van der Waals surface area contributed by atoms with Gasteiger partial charge in [-0.05, 0) is 40.5 Å². The van der Waals surface area contributed by atoms with Crippen LogP contribution in [0.4, 0.5) is 11.5 Å². The van der Waals surface area contributed by atoms with Crippen molar-refractivity contribution in [1.82, 2.24) is 14.1 Å². The van der Waals surface area contributed by atoms with E-state index in [0.717, 1.165) is 45.5 Å². The molecule has 0 amide bonds. The normalized spacial score (nSPS) is 15.1. The Morgan fingerprint density at radius 2 is 1.45 bits per heavy atom. The molecule has 3 heterocycles. The van der Waals surface area contributed by atoms with Crippen LogP contribution in [0.1, 0.15) is 81.7 Å². The number of aromatic nitrogens is 3. The van der Waals surface area contributed by atoms with E-state index in [1.54, 1.807) is 0 Å². The Kier molecular flexibility index (Phi) is 8.56. The summed E-state index contributed by atoms with van der Waals surface area (Å²) in [5, 5.41) is 0. The molecule has 5 nitrogen and oxygen atoms in total. The van der Waals surface area contributed by atoms with E-state index >= 15 is 0 Å². The second-order valence-electron chi connectivity index (χ2n) is 15.5. The van der Waals surface area contributed by atoms with E-state index in [2.05, 4.69) is 180 Å². The molecule has 0 bridgehead atoms. The standard InChI is InChI=1S/C43H46N4O.Pt/c1-29-18-20-44-41(22-29)46-21-19-36(30-23-31(42(2,3)4)25-32(24-30)43(5,6)7)37-17-16-35(27-40(37)46)48-34-13-11-12-33(26-34)47-28-45(8)38-14-9-10-15-39(38)47;/h9-18,20,22-27,36H,19,21H2,1-8H3;. The fourth-order valence-corrected chi connectivity index (χ4v) is 7.79. The van der Waals surface area contributed by atoms with Crippen LogP contribution >= 0.6 is 0 Å². The van der Waals surface area contributed by atoms with Gasteiger partial charge in [-0.25, -0.2) is 0 Å². The Bertz CT molecular complexity index is 2220. The molecule has 0 saturated carbocycles. The maximum atomic E-state index is 6.67. The first-order valence-electron chi connectivity index (χ1n) is 17.2. The average molecular weight is 830 g/mol. The summed E-state index contributed by atoms with van der Waals surface area (Å²) in [5.74, 6) is 2.85. The third-order valence-electron chi connectivity index (χ3n) is 9.80. The molecule has 6 aromatic rings. The summed E-state index contributed by atoms with van der Waals surface area (Å²) in [6.45, 7) is 16.9. The Balaban J connectivity index is 1.31. The van der Waals surface area contributed by atoms with Gasteiger partial charge in [-0.3, -0.25) is 0 Å². The molecule has 0 aliphatic carbocycles. The molecule has 4 aromatic carbocycles. The summed E-state index contributed by atoms with van der Waals surface area (Å²) in [5.41, 5.74) is 11.4. The van der Waals surface area contributed by atoms with Crippen LogP contribution in [0.15, 0.2) is 103 Å². The zero-order chi connectivity index (χ0) is 34.7. The first-order chi connectivity index (χ1) is 23.3. The third kappa shape index (κ3) is 6.46. The van der Waals surface area contributed by atoms with Crippen molar-refractivity contribution in [2.24, 2.45) is 7.05 Å². The van der Waals surface area contributed by atoms with Gasteiger partial charge in [-0.15, -0.1) is 0 Å². The minimum atomic E-state index is 0.0552. The number of para-hydroxylation sites is 2. The SMILES string of the molecule is Cc1ccnc(N2CCC(c3cc(C(C)(C)C)cc(C(C)(C)C)c3)c3ccc(Oc4cccc(-n5[c](=[Pt])n(C)c6ccccc65)c4)cc32)c1. The molecule has 0 N–H and O–H groups in total. The Hall–Kier alpha value is -4.21. The molecular weight excluding hydrogens is 784 g/mol. The van der Waals surface area contributed by atoms with Crippen molar-refractivity contribution in [2.75, 3.05) is 11.4 Å². The second-order valence-corrected chi connectivity index (χ2v) is 16.5. The minimum absolute atomic E-state index is 0.0552. The molecule has 0 saturated heterocycles. The Morgan fingerprint density at radius 1 is 0.755 bits per heavy atom. The number of anilines is 2. The number of hydrogen-bond acceptors (Lipinski definition) is 3. The quantitative estimate of drug-likeness (QED) is 0.174. The topological polar surface area (TPSA) is 35.2 Å². The maximum absolute atomic E-state index is 6.67. The molecule has 6 heteroatoms. The van der Waals surface area contributed by atoms with Crippen molar-refractivity contribution in [3.8, 4) is 17.2 Å². The molecule has 7 rings (SSSR count). The van der Waals surface area contributed by atoms with Crippen molar-refractivity contribution in [2.45, 2.75) is 71.6 Å². The van der Waals surface area contributed by atoms with Gasteiger partial charge in [-0.2, -0.15) is 0 Å². The fourth-order valence-electron chi connectivity index (χ4n) is 6.95. The van der Waals surface area contributed by atoms with Crippen LogP contribution in [0.25, 0.3) is 16.7 Å². The molecule has 2 aromatic heterocycles. The summed E-state index contributed by atoms with van der Waals surface area (Å²) in [4.78, 5) is 7.20. The molecule has 49 heavy (non-hydrogen) atoms. The summed E-state index contributed by atoms with van der Waals surface area (Å²) < 4.78 is 12.3. The zero-order valence-corrected chi connectivity index (χ0v) is 32.1. The first kappa shape index (κ1) is 33.3. The number of pyridine rings is 1. The fraction of sp³-hybridized carbons (Fsp3) is 0.302. The summed E-state index contributed by atoms with van der Waals surface area (Å²) in [6.07, 6.45) is 2.92. The molecule has 0 fully saturated rings. The van der Waals surface area contributed by atoms with Crippen LogP contribution in [0.2, 0.25) is 0 Å². The molecule has 254 valence electrons. The number of imidazole rings is 1. The van der Waals surface area contributed by atoms with Crippen LogP contribution < -0.4 is 9.64 Å². The molecule has 1 aliphatic rings. The van der Waals surface area contributed by atoms with E-state index < -0.39 is 0 Å². The van der Waals surface area contributed by atoms with Crippen LogP contribution in [0, 0.1) is 10.7 Å². The van der Waals surface area contributed by atoms with Gasteiger partial charge in [0.15, 0.2) is 0 Å². The van der Waals surface area contributed by atoms with E-state index in [0.29, 0.717) is 0 Å². The van der Waals surface area contributed by atoms with Gasteiger partial charge in [0.1, 0.15) is 0 Å². The monoisotopic (exact) mass is 829 g/mol. The van der Waals surface area contributed by atoms with Crippen LogP contribution in [0.3, 0.4) is 0 Å². The van der Waals surface area contributed by atoms with E-state index in [1.165, 1.54) is 38.9 Å². The number of aryl methyl sites for hydroxylation is 2. The number of hydrogen-bond donors (Lipinski definition) is 0. The van der Waals surface area contributed by atoms with Gasteiger partial charge in [0.05, 0.1) is 0 Å². The first-order valence-corrected chi connectivity index (χ1v) is 18.3. The van der Waals surface area contributed by atoms with Crippen molar-refractivity contribution in [3.63, 3.8) is 0 Å². The molecule has 1 atom stereocenters. The van der Waals surface area contributed by atoms with Crippen molar-refractivity contribution >= 4 is 22.5 Å². The van der Waals surface area contributed by atoms with Gasteiger partial charge >= 0.3 is 196 Å². The van der Waals surface area contributed by atoms with Crippen LogP contribution in [0.5, 0.6) is 11.5 Å². The molecular formula is C43H46N4OPt. The van der Waals surface area contributed by atoms with Gasteiger partial charge in [-0.1, -0.05) is 59.7 Å². The van der Waals surface area contributed by atoms with Crippen LogP contribution in [-0.2, 0) is 37.2 Å². The van der Waals surface area contributed by atoms with E-state index in [1.807, 2.05) is 12.3 Å². The molecule has 1 unspecified atom stereocenters. The van der Waals surface area contributed by atoms with E-state index in [9.17, 15) is 0 Å². The van der Waals surface area contributed by atoms with E-state index in [4.69, 9.17) is 9.72 Å². The second kappa shape index (κ2) is 12.6. The number of nitrogens with zero attached hydrogens (tertiary/aromatic N) is 4. The number of ether oxygens (including phenoxy) is 1. The van der Waals surface area contributed by atoms with Gasteiger partial charge < -0.3 is 0 Å². The molecule has 1 aliphatic heterocycles. The zero-order valence-electron chi connectivity index (χ0n) is 29.8. The predicted octanol–water partition coefficient (Wildman–Crippen LogP) is 10.8. The Labute approximate surface area is 301 Å². The number of benzene rings is 4. The predicted molar refractivity (Wildman–Crippen MR) is 198 cm³/mol. The van der Waals surface area contributed by atoms with Crippen molar-refractivity contribution in [1.29, 1.82) is 0 Å². The summed E-state index contributed by atoms with van der Waals surface area (Å²) in [6, 6.07) is 35.1. The third-order valence-corrected chi connectivity index (χ3v) is 11.1. The number of rotatable bonds is 5. The summed E-state index contributed by atoms with van der Waals surface area (Å²) in [7, 11) is 2.11. The van der Waals surface area contributed by atoms with Gasteiger partial charge in [0, 0.05) is 6.20 Å². The summed E-state index contributed by atoms with van der Waals surface area (Å²) >= 11 is 2.40. The Morgan fingerprint density at radius 3 is 2.14 bits per heavy atom. The van der Waals surface area contributed by atoms with Gasteiger partial charge in [0.2, 0.25) is 0 Å². The van der Waals surface area contributed by atoms with Crippen LogP contribution in [-0.4, -0.2) is 20.7 Å². The molecule has 0 radical (unpaired) electrons.